The van der Waals surface area contributed by atoms with Gasteiger partial charge in [-0.05, 0) is 20.3 Å². The van der Waals surface area contributed by atoms with E-state index < -0.39 is 0 Å². The molecule has 1 aromatic rings. The standard InChI is InChI=1S/C12H20ClN3OS/c1-4-5-10-14-11(18-15-10)16-7-9(6-13)17-12(2,3)8-16/h9H,4-8H2,1-3H3. The molecular formula is C12H20ClN3OS. The van der Waals surface area contributed by atoms with Crippen LogP contribution in [-0.2, 0) is 11.2 Å². The molecule has 1 fully saturated rings. The summed E-state index contributed by atoms with van der Waals surface area (Å²) >= 11 is 7.41. The van der Waals surface area contributed by atoms with Crippen molar-refractivity contribution < 1.29 is 4.74 Å². The molecule has 1 saturated heterocycles. The number of nitrogens with zero attached hydrogens (tertiary/aromatic N) is 3. The Morgan fingerprint density at radius 2 is 2.33 bits per heavy atom. The summed E-state index contributed by atoms with van der Waals surface area (Å²) in [6.07, 6.45) is 2.09. The molecule has 1 aromatic heterocycles. The minimum absolute atomic E-state index is 0.0638. The molecule has 18 heavy (non-hydrogen) atoms. The van der Waals surface area contributed by atoms with Crippen LogP contribution in [0.3, 0.4) is 0 Å². The first kappa shape index (κ1) is 14.0. The SMILES string of the molecule is CCCc1nsc(N2CC(CCl)OC(C)(C)C2)n1. The van der Waals surface area contributed by atoms with Gasteiger partial charge in [-0.1, -0.05) is 6.92 Å². The fraction of sp³-hybridized carbons (Fsp3) is 0.833. The number of halogens is 1. The third kappa shape index (κ3) is 3.33. The molecule has 6 heteroatoms. The smallest absolute Gasteiger partial charge is 0.205 e. The number of rotatable bonds is 4. The number of aromatic nitrogens is 2. The van der Waals surface area contributed by atoms with Gasteiger partial charge in [0.25, 0.3) is 0 Å². The topological polar surface area (TPSA) is 38.2 Å². The molecule has 0 bridgehead atoms. The molecule has 1 atom stereocenters. The van der Waals surface area contributed by atoms with Crippen LogP contribution < -0.4 is 4.90 Å². The summed E-state index contributed by atoms with van der Waals surface area (Å²) in [5.41, 5.74) is -0.186. The van der Waals surface area contributed by atoms with Crippen molar-refractivity contribution in [2.75, 3.05) is 23.9 Å². The fourth-order valence-corrected chi connectivity index (χ4v) is 3.10. The molecule has 0 aliphatic carbocycles. The molecule has 2 rings (SSSR count). The lowest BCUT2D eigenvalue weighted by atomic mass is 10.1. The van der Waals surface area contributed by atoms with Crippen molar-refractivity contribution >= 4 is 28.3 Å². The molecule has 0 N–H and O–H groups in total. The second kappa shape index (κ2) is 5.72. The number of ether oxygens (including phenoxy) is 1. The molecule has 0 radical (unpaired) electrons. The summed E-state index contributed by atoms with van der Waals surface area (Å²) in [6.45, 7) is 7.95. The van der Waals surface area contributed by atoms with Gasteiger partial charge in [0.15, 0.2) is 0 Å². The van der Waals surface area contributed by atoms with Crippen molar-refractivity contribution in [1.82, 2.24) is 9.36 Å². The molecule has 0 saturated carbocycles. The van der Waals surface area contributed by atoms with Gasteiger partial charge in [-0.25, -0.2) is 4.98 Å². The predicted octanol–water partition coefficient (Wildman–Crippen LogP) is 2.71. The van der Waals surface area contributed by atoms with E-state index in [-0.39, 0.29) is 11.7 Å². The van der Waals surface area contributed by atoms with Crippen LogP contribution in [0.2, 0.25) is 0 Å². The van der Waals surface area contributed by atoms with E-state index >= 15 is 0 Å². The third-order valence-electron chi connectivity index (χ3n) is 2.85. The number of alkyl halides is 1. The summed E-state index contributed by atoms with van der Waals surface area (Å²) < 4.78 is 10.3. The minimum Gasteiger partial charge on any atom is -0.367 e. The average Bonchev–Trinajstić information content (AvgIpc) is 2.76. The van der Waals surface area contributed by atoms with Gasteiger partial charge in [0.05, 0.1) is 17.6 Å². The Labute approximate surface area is 117 Å². The highest BCUT2D eigenvalue weighted by atomic mass is 35.5. The number of hydrogen-bond donors (Lipinski definition) is 0. The summed E-state index contributed by atoms with van der Waals surface area (Å²) in [7, 11) is 0. The molecular weight excluding hydrogens is 270 g/mol. The second-order valence-electron chi connectivity index (χ2n) is 5.28. The van der Waals surface area contributed by atoms with Crippen molar-refractivity contribution in [2.24, 2.45) is 0 Å². The Morgan fingerprint density at radius 3 is 3.00 bits per heavy atom. The number of aryl methyl sites for hydroxylation is 1. The number of hydrogen-bond acceptors (Lipinski definition) is 5. The highest BCUT2D eigenvalue weighted by Gasteiger charge is 2.34. The number of anilines is 1. The van der Waals surface area contributed by atoms with E-state index in [0.717, 1.165) is 36.9 Å². The Balaban J connectivity index is 2.10. The van der Waals surface area contributed by atoms with Crippen LogP contribution in [0.15, 0.2) is 0 Å². The molecule has 1 aliphatic rings. The molecule has 2 heterocycles. The van der Waals surface area contributed by atoms with Gasteiger partial charge < -0.3 is 9.64 Å². The van der Waals surface area contributed by atoms with E-state index in [1.54, 1.807) is 0 Å². The largest absolute Gasteiger partial charge is 0.367 e. The normalized spacial score (nSPS) is 23.3. The summed E-state index contributed by atoms with van der Waals surface area (Å²) in [5.74, 6) is 1.46. The molecule has 1 unspecified atom stereocenters. The summed E-state index contributed by atoms with van der Waals surface area (Å²) in [6, 6.07) is 0. The lowest BCUT2D eigenvalue weighted by Gasteiger charge is -2.42. The first-order valence-corrected chi connectivity index (χ1v) is 7.66. The summed E-state index contributed by atoms with van der Waals surface area (Å²) in [5, 5.41) is 0.991. The Kier molecular flexibility index (Phi) is 4.45. The van der Waals surface area contributed by atoms with Gasteiger partial charge in [0.2, 0.25) is 5.13 Å². The zero-order valence-electron chi connectivity index (χ0n) is 11.1. The Bertz CT molecular complexity index is 396. The molecule has 4 nitrogen and oxygen atoms in total. The Morgan fingerprint density at radius 1 is 1.56 bits per heavy atom. The number of morpholine rings is 1. The van der Waals surface area contributed by atoms with Gasteiger partial charge in [0.1, 0.15) is 5.82 Å². The first-order chi connectivity index (χ1) is 8.54. The zero-order chi connectivity index (χ0) is 13.2. The first-order valence-electron chi connectivity index (χ1n) is 6.35. The van der Waals surface area contributed by atoms with Gasteiger partial charge in [0, 0.05) is 31.0 Å². The highest BCUT2D eigenvalue weighted by molar-refractivity contribution is 7.09. The lowest BCUT2D eigenvalue weighted by molar-refractivity contribution is -0.0734. The fourth-order valence-electron chi connectivity index (χ4n) is 2.22. The minimum atomic E-state index is -0.186. The molecule has 1 aliphatic heterocycles. The molecule has 0 amide bonds. The van der Waals surface area contributed by atoms with Gasteiger partial charge >= 0.3 is 0 Å². The van der Waals surface area contributed by atoms with E-state index in [9.17, 15) is 0 Å². The lowest BCUT2D eigenvalue weighted by Crippen LogP contribution is -2.53. The predicted molar refractivity (Wildman–Crippen MR) is 75.8 cm³/mol. The van der Waals surface area contributed by atoms with Gasteiger partial charge in [-0.2, -0.15) is 4.37 Å². The van der Waals surface area contributed by atoms with Crippen molar-refractivity contribution in [3.63, 3.8) is 0 Å². The van der Waals surface area contributed by atoms with Crippen LogP contribution in [0, 0.1) is 0 Å². The quantitative estimate of drug-likeness (QED) is 0.799. The second-order valence-corrected chi connectivity index (χ2v) is 6.32. The van der Waals surface area contributed by atoms with Crippen molar-refractivity contribution in [3.8, 4) is 0 Å². The molecule has 0 aromatic carbocycles. The summed E-state index contributed by atoms with van der Waals surface area (Å²) in [4.78, 5) is 6.84. The molecule has 102 valence electrons. The maximum absolute atomic E-state index is 5.93. The van der Waals surface area contributed by atoms with Crippen molar-refractivity contribution in [1.29, 1.82) is 0 Å². The zero-order valence-corrected chi connectivity index (χ0v) is 12.7. The monoisotopic (exact) mass is 289 g/mol. The van der Waals surface area contributed by atoms with Crippen LogP contribution in [0.25, 0.3) is 0 Å². The van der Waals surface area contributed by atoms with Gasteiger partial charge in [-0.15, -0.1) is 11.6 Å². The van der Waals surface area contributed by atoms with Crippen molar-refractivity contribution in [2.45, 2.75) is 45.3 Å². The highest BCUT2D eigenvalue weighted by Crippen LogP contribution is 2.27. The van der Waals surface area contributed by atoms with Crippen LogP contribution in [0.5, 0.6) is 0 Å². The average molecular weight is 290 g/mol. The van der Waals surface area contributed by atoms with Crippen LogP contribution >= 0.6 is 23.1 Å². The van der Waals surface area contributed by atoms with Gasteiger partial charge in [-0.3, -0.25) is 0 Å². The van der Waals surface area contributed by atoms with Crippen LogP contribution in [0.4, 0.5) is 5.13 Å². The van der Waals surface area contributed by atoms with E-state index in [4.69, 9.17) is 16.3 Å². The molecule has 0 spiro atoms. The van der Waals surface area contributed by atoms with Crippen molar-refractivity contribution in [3.05, 3.63) is 5.82 Å². The van der Waals surface area contributed by atoms with E-state index in [1.807, 2.05) is 0 Å². The maximum atomic E-state index is 5.93. The van der Waals surface area contributed by atoms with E-state index in [0.29, 0.717) is 5.88 Å². The maximum Gasteiger partial charge on any atom is 0.205 e. The van der Waals surface area contributed by atoms with Crippen LogP contribution in [-0.4, -0.2) is 40.0 Å². The van der Waals surface area contributed by atoms with E-state index in [1.165, 1.54) is 11.5 Å². The Hall–Kier alpha value is -0.390. The third-order valence-corrected chi connectivity index (χ3v) is 4.01. The van der Waals surface area contributed by atoms with Crippen LogP contribution in [0.1, 0.15) is 33.0 Å². The van der Waals surface area contributed by atoms with E-state index in [2.05, 4.69) is 35.0 Å².